The van der Waals surface area contributed by atoms with Crippen LogP contribution in [0.25, 0.3) is 5.76 Å². The van der Waals surface area contributed by atoms with Gasteiger partial charge in [0.05, 0.1) is 7.11 Å². The standard InChI is InChI=1S/C27H40O2Si/c1-27(2,3)30(5,6)29-22-14-9-13-21(18-22)26(28-4)25-20-12-10-16-24(25)23-15-8-7-11-19(23)17-20/h9,13-14,18,20,24H,7-8,10-12,15-17H2,1-6H3/b26-25+. The van der Waals surface area contributed by atoms with Crippen LogP contribution in [0.15, 0.2) is 41.0 Å². The van der Waals surface area contributed by atoms with Crippen molar-refractivity contribution in [1.82, 2.24) is 0 Å². The summed E-state index contributed by atoms with van der Waals surface area (Å²) in [5.74, 6) is 3.41. The van der Waals surface area contributed by atoms with E-state index in [2.05, 4.69) is 58.1 Å². The Labute approximate surface area is 184 Å². The summed E-state index contributed by atoms with van der Waals surface area (Å²) in [5.41, 5.74) is 6.36. The van der Waals surface area contributed by atoms with Crippen LogP contribution in [0.1, 0.15) is 77.7 Å². The molecule has 4 rings (SSSR count). The Morgan fingerprint density at radius 2 is 1.80 bits per heavy atom. The molecule has 2 unspecified atom stereocenters. The first-order chi connectivity index (χ1) is 14.2. The van der Waals surface area contributed by atoms with Crippen LogP contribution in [0.2, 0.25) is 18.1 Å². The van der Waals surface area contributed by atoms with Gasteiger partial charge in [-0.3, -0.25) is 0 Å². The smallest absolute Gasteiger partial charge is 0.250 e. The average molecular weight is 425 g/mol. The number of benzene rings is 1. The van der Waals surface area contributed by atoms with E-state index in [1.54, 1.807) is 16.7 Å². The molecule has 30 heavy (non-hydrogen) atoms. The first kappa shape index (κ1) is 21.7. The minimum atomic E-state index is -1.86. The minimum Gasteiger partial charge on any atom is -0.543 e. The molecule has 0 N–H and O–H groups in total. The SMILES string of the molecule is CO/C(=C1\C2CCCC1C1=C(CCCC1)C2)c1cccc(O[Si](C)(C)C(C)(C)C)c1. The number of methoxy groups -OCH3 is 1. The summed E-state index contributed by atoms with van der Waals surface area (Å²) in [6, 6.07) is 8.70. The predicted molar refractivity (Wildman–Crippen MR) is 129 cm³/mol. The van der Waals surface area contributed by atoms with Gasteiger partial charge in [-0.15, -0.1) is 0 Å². The van der Waals surface area contributed by atoms with Gasteiger partial charge in [-0.2, -0.15) is 0 Å². The fraction of sp³-hybridized carbons (Fsp3) is 0.630. The van der Waals surface area contributed by atoms with Gasteiger partial charge < -0.3 is 9.16 Å². The van der Waals surface area contributed by atoms with Crippen molar-refractivity contribution in [3.8, 4) is 5.75 Å². The monoisotopic (exact) mass is 424 g/mol. The lowest BCUT2D eigenvalue weighted by Gasteiger charge is -2.43. The normalized spacial score (nSPS) is 26.2. The molecule has 2 atom stereocenters. The molecule has 2 bridgehead atoms. The second-order valence-electron chi connectivity index (χ2n) is 11.1. The van der Waals surface area contributed by atoms with Gasteiger partial charge in [0.25, 0.3) is 0 Å². The first-order valence-corrected chi connectivity index (χ1v) is 14.9. The molecule has 0 radical (unpaired) electrons. The van der Waals surface area contributed by atoms with Crippen molar-refractivity contribution in [2.75, 3.05) is 7.11 Å². The van der Waals surface area contributed by atoms with Gasteiger partial charge in [-0.05, 0) is 86.7 Å². The number of hydrogen-bond acceptors (Lipinski definition) is 2. The van der Waals surface area contributed by atoms with Crippen LogP contribution in [-0.2, 0) is 4.74 Å². The number of allylic oxidation sites excluding steroid dienone is 3. The van der Waals surface area contributed by atoms with E-state index in [1.807, 2.05) is 7.11 Å². The topological polar surface area (TPSA) is 18.5 Å². The number of hydrogen-bond donors (Lipinski definition) is 0. The van der Waals surface area contributed by atoms with Crippen LogP contribution < -0.4 is 4.43 Å². The van der Waals surface area contributed by atoms with Crippen molar-refractivity contribution in [1.29, 1.82) is 0 Å². The predicted octanol–water partition coefficient (Wildman–Crippen LogP) is 8.12. The third kappa shape index (κ3) is 4.02. The highest BCUT2D eigenvalue weighted by Crippen LogP contribution is 2.53. The van der Waals surface area contributed by atoms with E-state index in [-0.39, 0.29) is 5.04 Å². The fourth-order valence-corrected chi connectivity index (χ4v) is 6.60. The van der Waals surface area contributed by atoms with Crippen LogP contribution in [0.3, 0.4) is 0 Å². The van der Waals surface area contributed by atoms with Gasteiger partial charge in [0.2, 0.25) is 8.32 Å². The van der Waals surface area contributed by atoms with Crippen molar-refractivity contribution in [2.45, 2.75) is 90.3 Å². The van der Waals surface area contributed by atoms with E-state index in [9.17, 15) is 0 Å². The van der Waals surface area contributed by atoms with Crippen LogP contribution >= 0.6 is 0 Å². The molecule has 1 aromatic rings. The summed E-state index contributed by atoms with van der Waals surface area (Å²) in [5, 5.41) is 0.190. The highest BCUT2D eigenvalue weighted by atomic mass is 28.4. The van der Waals surface area contributed by atoms with E-state index in [0.717, 1.165) is 11.5 Å². The molecule has 0 saturated heterocycles. The molecule has 0 aromatic heterocycles. The third-order valence-electron chi connectivity index (χ3n) is 8.14. The van der Waals surface area contributed by atoms with Crippen LogP contribution in [0.5, 0.6) is 5.75 Å². The number of ether oxygens (including phenoxy) is 1. The molecule has 3 aliphatic carbocycles. The maximum atomic E-state index is 6.62. The third-order valence-corrected chi connectivity index (χ3v) is 12.5. The lowest BCUT2D eigenvalue weighted by atomic mass is 9.62. The summed E-state index contributed by atoms with van der Waals surface area (Å²) in [4.78, 5) is 0. The molecule has 164 valence electrons. The van der Waals surface area contributed by atoms with Crippen molar-refractivity contribution in [3.05, 3.63) is 46.5 Å². The molecule has 0 heterocycles. The molecule has 3 heteroatoms. The Morgan fingerprint density at radius 1 is 1.03 bits per heavy atom. The molecule has 1 fully saturated rings. The Bertz CT molecular complexity index is 856. The quantitative estimate of drug-likeness (QED) is 0.276. The van der Waals surface area contributed by atoms with Gasteiger partial charge >= 0.3 is 0 Å². The lowest BCUT2D eigenvalue weighted by Crippen LogP contribution is -2.43. The zero-order valence-corrected chi connectivity index (χ0v) is 20.9. The van der Waals surface area contributed by atoms with Gasteiger partial charge in [-0.25, -0.2) is 0 Å². The van der Waals surface area contributed by atoms with E-state index in [4.69, 9.17) is 9.16 Å². The molecular formula is C27H40O2Si. The largest absolute Gasteiger partial charge is 0.543 e. The molecular weight excluding hydrogens is 384 g/mol. The van der Waals surface area contributed by atoms with Crippen molar-refractivity contribution in [3.63, 3.8) is 0 Å². The van der Waals surface area contributed by atoms with Crippen LogP contribution in [-0.4, -0.2) is 15.4 Å². The van der Waals surface area contributed by atoms with Gasteiger partial charge in [0, 0.05) is 11.5 Å². The van der Waals surface area contributed by atoms with Crippen molar-refractivity contribution >= 4 is 14.1 Å². The Balaban J connectivity index is 1.72. The average Bonchev–Trinajstić information content (AvgIpc) is 2.68. The van der Waals surface area contributed by atoms with Crippen LogP contribution in [0, 0.1) is 11.8 Å². The Kier molecular flexibility index (Phi) is 5.96. The molecule has 0 amide bonds. The molecule has 2 nitrogen and oxygen atoms in total. The summed E-state index contributed by atoms with van der Waals surface area (Å²) >= 11 is 0. The van der Waals surface area contributed by atoms with Gasteiger partial charge in [-0.1, -0.05) is 50.5 Å². The summed E-state index contributed by atoms with van der Waals surface area (Å²) in [6.07, 6.45) is 10.7. The van der Waals surface area contributed by atoms with Crippen LogP contribution in [0.4, 0.5) is 0 Å². The Morgan fingerprint density at radius 3 is 2.53 bits per heavy atom. The minimum absolute atomic E-state index is 0.190. The molecule has 1 aromatic carbocycles. The lowest BCUT2D eigenvalue weighted by molar-refractivity contribution is 0.311. The molecule has 1 saturated carbocycles. The Hall–Kier alpha value is -1.48. The van der Waals surface area contributed by atoms with E-state index in [0.29, 0.717) is 11.8 Å². The van der Waals surface area contributed by atoms with Crippen molar-refractivity contribution < 1.29 is 9.16 Å². The highest BCUT2D eigenvalue weighted by molar-refractivity contribution is 6.74. The second-order valence-corrected chi connectivity index (χ2v) is 15.8. The number of fused-ring (bicyclic) bond motifs is 3. The molecule has 0 spiro atoms. The van der Waals surface area contributed by atoms with E-state index >= 15 is 0 Å². The molecule has 3 aliphatic rings. The van der Waals surface area contributed by atoms with Gasteiger partial charge in [0.1, 0.15) is 11.5 Å². The zero-order valence-electron chi connectivity index (χ0n) is 19.9. The van der Waals surface area contributed by atoms with Crippen molar-refractivity contribution in [2.24, 2.45) is 11.8 Å². The summed E-state index contributed by atoms with van der Waals surface area (Å²) < 4.78 is 12.8. The maximum absolute atomic E-state index is 6.62. The fourth-order valence-electron chi connectivity index (χ4n) is 5.57. The summed E-state index contributed by atoms with van der Waals surface area (Å²) in [7, 11) is 0.00184. The van der Waals surface area contributed by atoms with E-state index < -0.39 is 8.32 Å². The first-order valence-electron chi connectivity index (χ1n) is 12.0. The maximum Gasteiger partial charge on any atom is 0.250 e. The van der Waals surface area contributed by atoms with E-state index in [1.165, 1.54) is 56.9 Å². The summed E-state index contributed by atoms with van der Waals surface area (Å²) in [6.45, 7) is 11.5. The highest BCUT2D eigenvalue weighted by Gasteiger charge is 2.40. The second kappa shape index (κ2) is 8.22. The molecule has 0 aliphatic heterocycles. The zero-order chi connectivity index (χ0) is 21.5. The number of rotatable bonds is 4. The van der Waals surface area contributed by atoms with Gasteiger partial charge in [0.15, 0.2) is 0 Å².